The summed E-state index contributed by atoms with van der Waals surface area (Å²) < 4.78 is 32.4. The molecule has 3 rings (SSSR count). The van der Waals surface area contributed by atoms with Crippen molar-refractivity contribution in [1.82, 2.24) is 4.31 Å². The summed E-state index contributed by atoms with van der Waals surface area (Å²) in [5.74, 6) is -0.0131. The van der Waals surface area contributed by atoms with Crippen molar-refractivity contribution in [3.05, 3.63) is 65.7 Å². The maximum atomic E-state index is 13.0. The molecular formula is C21H25NO4S. The minimum Gasteiger partial charge on any atom is -0.462 e. The number of ether oxygens (including phenoxy) is 1. The lowest BCUT2D eigenvalue weighted by atomic mass is 9.91. The third kappa shape index (κ3) is 4.76. The second-order valence-corrected chi connectivity index (χ2v) is 8.72. The Labute approximate surface area is 161 Å². The lowest BCUT2D eigenvalue weighted by Gasteiger charge is -2.31. The van der Waals surface area contributed by atoms with Crippen LogP contribution in [0.2, 0.25) is 0 Å². The Morgan fingerprint density at radius 1 is 1.07 bits per heavy atom. The maximum Gasteiger partial charge on any atom is 0.338 e. The van der Waals surface area contributed by atoms with Gasteiger partial charge >= 0.3 is 5.97 Å². The smallest absolute Gasteiger partial charge is 0.338 e. The molecule has 0 N–H and O–H groups in total. The zero-order chi connectivity index (χ0) is 19.3. The molecule has 0 saturated carbocycles. The quantitative estimate of drug-likeness (QED) is 0.712. The Morgan fingerprint density at radius 3 is 2.44 bits per heavy atom. The Hall–Kier alpha value is -2.18. The largest absolute Gasteiger partial charge is 0.462 e. The Kier molecular flexibility index (Phi) is 6.29. The van der Waals surface area contributed by atoms with Gasteiger partial charge in [0.25, 0.3) is 0 Å². The first-order valence-corrected chi connectivity index (χ1v) is 10.8. The fraction of sp³-hybridized carbons (Fsp3) is 0.381. The van der Waals surface area contributed by atoms with Gasteiger partial charge in [0.2, 0.25) is 10.0 Å². The zero-order valence-corrected chi connectivity index (χ0v) is 16.3. The van der Waals surface area contributed by atoms with Crippen LogP contribution in [0.3, 0.4) is 0 Å². The molecule has 2 aromatic carbocycles. The van der Waals surface area contributed by atoms with Gasteiger partial charge in [-0.3, -0.25) is 0 Å². The van der Waals surface area contributed by atoms with Gasteiger partial charge in [0.1, 0.15) is 0 Å². The van der Waals surface area contributed by atoms with E-state index >= 15 is 0 Å². The number of nitrogens with zero attached hydrogens (tertiary/aromatic N) is 1. The molecule has 0 aliphatic carbocycles. The normalized spacial score (nSPS) is 16.2. The number of carbonyl (C=O) groups is 1. The maximum absolute atomic E-state index is 13.0. The van der Waals surface area contributed by atoms with E-state index in [4.69, 9.17) is 4.74 Å². The lowest BCUT2D eigenvalue weighted by Crippen LogP contribution is -2.38. The summed E-state index contributed by atoms with van der Waals surface area (Å²) in [5, 5.41) is 0. The molecule has 5 nitrogen and oxygen atoms in total. The Morgan fingerprint density at radius 2 is 1.78 bits per heavy atom. The number of esters is 1. The predicted molar refractivity (Wildman–Crippen MR) is 104 cm³/mol. The Balaban J connectivity index is 1.66. The second-order valence-electron chi connectivity index (χ2n) is 6.79. The summed E-state index contributed by atoms with van der Waals surface area (Å²) in [7, 11) is -3.60. The third-order valence-corrected chi connectivity index (χ3v) is 6.82. The van der Waals surface area contributed by atoms with E-state index in [9.17, 15) is 13.2 Å². The molecule has 0 aromatic heterocycles. The van der Waals surface area contributed by atoms with Gasteiger partial charge in [-0.1, -0.05) is 36.4 Å². The number of benzene rings is 2. The van der Waals surface area contributed by atoms with Gasteiger partial charge in [-0.25, -0.2) is 13.2 Å². The van der Waals surface area contributed by atoms with Gasteiger partial charge < -0.3 is 4.74 Å². The van der Waals surface area contributed by atoms with E-state index in [0.29, 0.717) is 19.0 Å². The van der Waals surface area contributed by atoms with E-state index in [0.717, 1.165) is 19.3 Å². The predicted octanol–water partition coefficient (Wildman–Crippen LogP) is 3.51. The van der Waals surface area contributed by atoms with Crippen LogP contribution in [0.25, 0.3) is 0 Å². The summed E-state index contributed by atoms with van der Waals surface area (Å²) >= 11 is 0. The van der Waals surface area contributed by atoms with E-state index in [1.54, 1.807) is 19.1 Å². The van der Waals surface area contributed by atoms with Crippen LogP contribution >= 0.6 is 0 Å². The SMILES string of the molecule is CCOC(=O)c1cccc(S(=O)(=O)N2CCC(Cc3ccccc3)CC2)c1. The van der Waals surface area contributed by atoms with Crippen LogP contribution in [0.4, 0.5) is 0 Å². The molecule has 0 unspecified atom stereocenters. The van der Waals surface area contributed by atoms with Crippen LogP contribution < -0.4 is 0 Å². The molecule has 1 heterocycles. The zero-order valence-electron chi connectivity index (χ0n) is 15.5. The van der Waals surface area contributed by atoms with Crippen LogP contribution in [0.1, 0.15) is 35.7 Å². The van der Waals surface area contributed by atoms with Gasteiger partial charge in [-0.05, 0) is 55.9 Å². The van der Waals surface area contributed by atoms with Crippen molar-refractivity contribution in [3.8, 4) is 0 Å². The first-order chi connectivity index (χ1) is 13.0. The van der Waals surface area contributed by atoms with Crippen molar-refractivity contribution in [2.45, 2.75) is 31.1 Å². The number of piperidine rings is 1. The highest BCUT2D eigenvalue weighted by Gasteiger charge is 2.29. The summed E-state index contributed by atoms with van der Waals surface area (Å²) in [6.45, 7) is 2.98. The van der Waals surface area contributed by atoms with Crippen LogP contribution in [0.5, 0.6) is 0 Å². The Bertz CT molecular complexity index is 872. The molecule has 27 heavy (non-hydrogen) atoms. The first kappa shape index (κ1) is 19.6. The molecule has 0 radical (unpaired) electrons. The van der Waals surface area contributed by atoms with Crippen molar-refractivity contribution in [3.63, 3.8) is 0 Å². The van der Waals surface area contributed by atoms with Gasteiger partial charge in [-0.2, -0.15) is 4.31 Å². The average Bonchev–Trinajstić information content (AvgIpc) is 2.69. The summed E-state index contributed by atoms with van der Waals surface area (Å²) in [6, 6.07) is 16.4. The fourth-order valence-electron chi connectivity index (χ4n) is 3.45. The minimum absolute atomic E-state index is 0.148. The molecule has 144 valence electrons. The van der Waals surface area contributed by atoms with Crippen molar-refractivity contribution in [2.75, 3.05) is 19.7 Å². The highest BCUT2D eigenvalue weighted by atomic mass is 32.2. The highest BCUT2D eigenvalue weighted by Crippen LogP contribution is 2.26. The van der Waals surface area contributed by atoms with Crippen molar-refractivity contribution in [1.29, 1.82) is 0 Å². The van der Waals surface area contributed by atoms with E-state index in [-0.39, 0.29) is 17.1 Å². The van der Waals surface area contributed by atoms with Crippen LogP contribution in [-0.4, -0.2) is 38.4 Å². The molecule has 6 heteroatoms. The molecule has 0 amide bonds. The average molecular weight is 388 g/mol. The third-order valence-electron chi connectivity index (χ3n) is 4.92. The molecular weight excluding hydrogens is 362 g/mol. The first-order valence-electron chi connectivity index (χ1n) is 9.32. The summed E-state index contributed by atoms with van der Waals surface area (Å²) in [4.78, 5) is 12.0. The molecule has 1 aliphatic heterocycles. The monoisotopic (exact) mass is 387 g/mol. The highest BCUT2D eigenvalue weighted by molar-refractivity contribution is 7.89. The fourth-order valence-corrected chi connectivity index (χ4v) is 4.96. The van der Waals surface area contributed by atoms with Crippen LogP contribution in [0, 0.1) is 5.92 Å². The molecule has 0 bridgehead atoms. The molecule has 1 aliphatic rings. The topological polar surface area (TPSA) is 63.7 Å². The summed E-state index contributed by atoms with van der Waals surface area (Å²) in [5.41, 5.74) is 1.55. The number of hydrogen-bond donors (Lipinski definition) is 0. The molecule has 1 saturated heterocycles. The number of sulfonamides is 1. The van der Waals surface area contributed by atoms with E-state index < -0.39 is 16.0 Å². The minimum atomic E-state index is -3.60. The number of hydrogen-bond acceptors (Lipinski definition) is 4. The second kappa shape index (κ2) is 8.67. The van der Waals surface area contributed by atoms with E-state index in [2.05, 4.69) is 12.1 Å². The lowest BCUT2D eigenvalue weighted by molar-refractivity contribution is 0.0526. The van der Waals surface area contributed by atoms with Crippen LogP contribution in [0.15, 0.2) is 59.5 Å². The van der Waals surface area contributed by atoms with Gasteiger partial charge in [0, 0.05) is 13.1 Å². The molecule has 0 atom stereocenters. The van der Waals surface area contributed by atoms with E-state index in [1.165, 1.54) is 22.0 Å². The number of carbonyl (C=O) groups excluding carboxylic acids is 1. The van der Waals surface area contributed by atoms with Crippen molar-refractivity contribution >= 4 is 16.0 Å². The standard InChI is InChI=1S/C21H25NO4S/c1-2-26-21(23)19-9-6-10-20(16-19)27(24,25)22-13-11-18(12-14-22)15-17-7-4-3-5-8-17/h3-10,16,18H,2,11-15H2,1H3. The summed E-state index contributed by atoms with van der Waals surface area (Å²) in [6.07, 6.45) is 2.66. The molecule has 2 aromatic rings. The van der Waals surface area contributed by atoms with Gasteiger partial charge in [0.05, 0.1) is 17.1 Å². The van der Waals surface area contributed by atoms with Crippen LogP contribution in [-0.2, 0) is 21.2 Å². The number of rotatable bonds is 6. The van der Waals surface area contributed by atoms with Gasteiger partial charge in [0.15, 0.2) is 0 Å². The van der Waals surface area contributed by atoms with E-state index in [1.807, 2.05) is 18.2 Å². The van der Waals surface area contributed by atoms with Gasteiger partial charge in [-0.15, -0.1) is 0 Å². The molecule has 1 fully saturated rings. The molecule has 0 spiro atoms. The van der Waals surface area contributed by atoms with Crippen molar-refractivity contribution < 1.29 is 17.9 Å². The van der Waals surface area contributed by atoms with Crippen molar-refractivity contribution in [2.24, 2.45) is 5.92 Å².